The summed E-state index contributed by atoms with van der Waals surface area (Å²) in [6.45, 7) is -2.22. The summed E-state index contributed by atoms with van der Waals surface area (Å²) in [5, 5.41) is 7.05. The Kier molecular flexibility index (Phi) is 7.26. The minimum atomic E-state index is -2.90. The van der Waals surface area contributed by atoms with Crippen LogP contribution in [0.25, 0.3) is 27.6 Å². The van der Waals surface area contributed by atoms with E-state index in [-0.39, 0.29) is 6.67 Å². The van der Waals surface area contributed by atoms with Crippen molar-refractivity contribution in [1.82, 2.24) is 9.55 Å². The molecule has 0 aliphatic carbocycles. The summed E-state index contributed by atoms with van der Waals surface area (Å²) in [5.74, 6) is 2.16. The van der Waals surface area contributed by atoms with Crippen LogP contribution in [0.2, 0.25) is 0 Å². The number of hydrogen-bond donors (Lipinski definition) is 0. The Morgan fingerprint density at radius 3 is 1.87 bits per heavy atom. The lowest BCUT2D eigenvalue weighted by molar-refractivity contribution is 0.483. The van der Waals surface area contributed by atoms with Crippen molar-refractivity contribution in [3.8, 4) is 17.3 Å². The topological polar surface area (TPSA) is 33.5 Å². The molecule has 0 spiro atoms. The fraction of sp³-hybridized carbons (Fsp3) is 0.0408. The molecule has 1 aliphatic rings. The average molecular weight is 730 g/mol. The molecule has 0 fully saturated rings. The zero-order valence-electron chi connectivity index (χ0n) is 33.0. The van der Waals surface area contributed by atoms with Crippen LogP contribution in [-0.2, 0) is 0 Å². The summed E-state index contributed by atoms with van der Waals surface area (Å²) in [7, 11) is -2.90. The number of benzene rings is 7. The SMILES string of the molecule is [2H]C([2H])([2H])N1CN(c2cccc(Oc3ccc4c5ccccc5n(-c5ccccn5)c4c3)c2)c2ccc([Si](c3ccccc3)(c3ccccc3)c3ccccc3)cc21. The van der Waals surface area contributed by atoms with E-state index in [0.29, 0.717) is 17.2 Å². The number of nitrogens with zero attached hydrogens (tertiary/aromatic N) is 4. The van der Waals surface area contributed by atoms with Crippen molar-refractivity contribution in [3.05, 3.63) is 200 Å². The molecule has 9 aromatic rings. The molecule has 6 heteroatoms. The van der Waals surface area contributed by atoms with E-state index in [1.54, 1.807) is 11.1 Å². The molecular weight excluding hydrogens is 689 g/mol. The van der Waals surface area contributed by atoms with E-state index in [4.69, 9.17) is 8.85 Å². The van der Waals surface area contributed by atoms with E-state index in [1.165, 1.54) is 15.6 Å². The van der Waals surface area contributed by atoms with E-state index >= 15 is 0 Å². The minimum absolute atomic E-state index is 0.158. The van der Waals surface area contributed by atoms with Gasteiger partial charge in [-0.2, -0.15) is 0 Å². The maximum absolute atomic E-state index is 8.72. The third-order valence-corrected chi connectivity index (χ3v) is 15.6. The van der Waals surface area contributed by atoms with Gasteiger partial charge in [0.2, 0.25) is 0 Å². The van der Waals surface area contributed by atoms with Crippen LogP contribution in [0.15, 0.2) is 200 Å². The average Bonchev–Trinajstić information content (AvgIpc) is 3.82. The Balaban J connectivity index is 1.06. The van der Waals surface area contributed by atoms with Gasteiger partial charge in [0.1, 0.15) is 17.3 Å². The van der Waals surface area contributed by atoms with Gasteiger partial charge in [0, 0.05) is 45.9 Å². The third-order valence-electron chi connectivity index (χ3n) is 10.8. The summed E-state index contributed by atoms with van der Waals surface area (Å²) in [6, 6.07) is 66.8. The van der Waals surface area contributed by atoms with Gasteiger partial charge >= 0.3 is 0 Å². The molecular formula is C49H38N4OSi. The molecule has 0 unspecified atom stereocenters. The van der Waals surface area contributed by atoms with Gasteiger partial charge in [-0.05, 0) is 75.3 Å². The smallest absolute Gasteiger partial charge is 0.179 e. The number of para-hydroxylation sites is 1. The molecule has 264 valence electrons. The molecule has 0 amide bonds. The second-order valence-electron chi connectivity index (χ2n) is 13.9. The summed E-state index contributed by atoms with van der Waals surface area (Å²) >= 11 is 0. The largest absolute Gasteiger partial charge is 0.457 e. The van der Waals surface area contributed by atoms with Crippen LogP contribution in [0.1, 0.15) is 4.11 Å². The summed E-state index contributed by atoms with van der Waals surface area (Å²) in [6.07, 6.45) is 1.81. The van der Waals surface area contributed by atoms with Gasteiger partial charge in [-0.25, -0.2) is 4.98 Å². The predicted octanol–water partition coefficient (Wildman–Crippen LogP) is 8.89. The van der Waals surface area contributed by atoms with Crippen molar-refractivity contribution < 1.29 is 8.85 Å². The van der Waals surface area contributed by atoms with Crippen LogP contribution in [-0.4, -0.2) is 31.3 Å². The maximum Gasteiger partial charge on any atom is 0.179 e. The molecule has 0 atom stereocenters. The van der Waals surface area contributed by atoms with Crippen molar-refractivity contribution in [3.63, 3.8) is 0 Å². The molecule has 0 radical (unpaired) electrons. The number of ether oxygens (including phenoxy) is 1. The molecule has 0 saturated heterocycles. The second-order valence-corrected chi connectivity index (χ2v) is 17.7. The third kappa shape index (κ3) is 5.49. The van der Waals surface area contributed by atoms with Crippen molar-refractivity contribution in [2.24, 2.45) is 0 Å². The number of anilines is 3. The fourth-order valence-corrected chi connectivity index (χ4v) is 13.1. The van der Waals surface area contributed by atoms with Gasteiger partial charge in [0.25, 0.3) is 0 Å². The first-order valence-electron chi connectivity index (χ1n) is 20.0. The Morgan fingerprint density at radius 1 is 0.527 bits per heavy atom. The summed E-state index contributed by atoms with van der Waals surface area (Å²) in [4.78, 5) is 8.28. The molecule has 0 saturated carbocycles. The molecule has 0 N–H and O–H groups in total. The Bertz CT molecular complexity index is 2810. The van der Waals surface area contributed by atoms with Gasteiger partial charge < -0.3 is 14.5 Å². The van der Waals surface area contributed by atoms with Crippen LogP contribution in [0.4, 0.5) is 17.1 Å². The van der Waals surface area contributed by atoms with Crippen LogP contribution in [0.5, 0.6) is 11.5 Å². The number of fused-ring (bicyclic) bond motifs is 4. The Labute approximate surface area is 326 Å². The lowest BCUT2D eigenvalue weighted by Crippen LogP contribution is -2.74. The minimum Gasteiger partial charge on any atom is -0.457 e. The first-order chi connectivity index (χ1) is 28.4. The first kappa shape index (κ1) is 29.5. The zero-order valence-corrected chi connectivity index (χ0v) is 31.0. The van der Waals surface area contributed by atoms with Crippen molar-refractivity contribution in [2.75, 3.05) is 23.4 Å². The number of hydrogen-bond acceptors (Lipinski definition) is 4. The van der Waals surface area contributed by atoms with Crippen molar-refractivity contribution in [2.45, 2.75) is 0 Å². The molecule has 1 aliphatic heterocycles. The number of aromatic nitrogens is 2. The lowest BCUT2D eigenvalue weighted by Gasteiger charge is -2.35. The molecule has 0 bridgehead atoms. The van der Waals surface area contributed by atoms with Gasteiger partial charge in [-0.3, -0.25) is 4.57 Å². The monoisotopic (exact) mass is 729 g/mol. The summed E-state index contributed by atoms with van der Waals surface area (Å²) in [5.41, 5.74) is 4.40. The van der Waals surface area contributed by atoms with Gasteiger partial charge in [0.15, 0.2) is 8.07 Å². The highest BCUT2D eigenvalue weighted by Gasteiger charge is 2.42. The zero-order chi connectivity index (χ0) is 39.3. The molecule has 7 aromatic carbocycles. The van der Waals surface area contributed by atoms with Gasteiger partial charge in [-0.1, -0.05) is 127 Å². The first-order valence-corrected chi connectivity index (χ1v) is 20.5. The number of pyridine rings is 1. The van der Waals surface area contributed by atoms with Crippen molar-refractivity contribution >= 4 is 67.7 Å². The fourth-order valence-electron chi connectivity index (χ4n) is 8.38. The number of rotatable bonds is 8. The second kappa shape index (κ2) is 13.5. The maximum atomic E-state index is 8.72. The summed E-state index contributed by atoms with van der Waals surface area (Å²) < 4.78 is 34.9. The quantitative estimate of drug-likeness (QED) is 0.116. The van der Waals surface area contributed by atoms with E-state index in [9.17, 15) is 0 Å². The van der Waals surface area contributed by atoms with E-state index in [0.717, 1.165) is 44.2 Å². The lowest BCUT2D eigenvalue weighted by atomic mass is 10.1. The Morgan fingerprint density at radius 2 is 1.18 bits per heavy atom. The highest BCUT2D eigenvalue weighted by Crippen LogP contribution is 2.41. The standard InChI is InChI=1S/C49H38N4OSi/c1-51-35-52(46-30-28-42(34-48(46)51)55(39-18-5-2-6-19-39,40-20-7-3-8-21-40)41-22-9-4-10-23-41)36-16-15-17-37(32-36)54-38-27-29-44-43-24-11-12-25-45(43)53(47(44)33-38)49-26-13-14-31-50-49/h2-34H,35H2,1H3/i1D3. The van der Waals surface area contributed by atoms with Crippen LogP contribution in [0, 0.1) is 0 Å². The molecule has 10 rings (SSSR count). The molecule has 5 nitrogen and oxygen atoms in total. The van der Waals surface area contributed by atoms with E-state index < -0.39 is 15.0 Å². The molecule has 3 heterocycles. The normalized spacial score (nSPS) is 13.7. The Hall–Kier alpha value is -6.89. The highest BCUT2D eigenvalue weighted by atomic mass is 28.3. The molecule has 2 aromatic heterocycles. The van der Waals surface area contributed by atoms with Crippen LogP contribution < -0.4 is 35.3 Å². The van der Waals surface area contributed by atoms with Gasteiger partial charge in [-0.15, -0.1) is 0 Å². The molecule has 55 heavy (non-hydrogen) atoms. The van der Waals surface area contributed by atoms with Gasteiger partial charge in [0.05, 0.1) is 29.1 Å². The highest BCUT2D eigenvalue weighted by molar-refractivity contribution is 7.19. The van der Waals surface area contributed by atoms with E-state index in [1.807, 2.05) is 72.8 Å². The van der Waals surface area contributed by atoms with Crippen molar-refractivity contribution in [1.29, 1.82) is 0 Å². The van der Waals surface area contributed by atoms with Crippen LogP contribution in [0.3, 0.4) is 0 Å². The van der Waals surface area contributed by atoms with Crippen LogP contribution >= 0.6 is 0 Å². The predicted molar refractivity (Wildman–Crippen MR) is 231 cm³/mol. The van der Waals surface area contributed by atoms with E-state index in [2.05, 4.69) is 136 Å².